The fraction of sp³-hybridized carbons (Fsp3) is 0.895. The van der Waals surface area contributed by atoms with Crippen LogP contribution in [-0.2, 0) is 18.9 Å². The van der Waals surface area contributed by atoms with Gasteiger partial charge >= 0.3 is 24.4 Å². The van der Waals surface area contributed by atoms with Gasteiger partial charge in [0.2, 0.25) is 0 Å². The Hall–Kier alpha value is -1.64. The van der Waals surface area contributed by atoms with Crippen LogP contribution in [0, 0.1) is 0 Å². The first kappa shape index (κ1) is 55.4. The summed E-state index contributed by atoms with van der Waals surface area (Å²) in [5.74, 6) is 0. The van der Waals surface area contributed by atoms with Crippen molar-refractivity contribution in [3.05, 3.63) is 0 Å². The number of carbonyl (C=O) groups is 4. The van der Waals surface area contributed by atoms with Gasteiger partial charge in [0.25, 0.3) is 0 Å². The molecule has 0 aromatic rings. The quantitative estimate of drug-likeness (QED) is 0.226. The minimum absolute atomic E-state index is 0.231. The third kappa shape index (κ3) is 28.5. The number of carbonyl (C=O) groups excluding carboxylic acids is 4. The lowest BCUT2D eigenvalue weighted by molar-refractivity contribution is 0.0154. The predicted molar refractivity (Wildman–Crippen MR) is 234 cm³/mol. The Balaban J connectivity index is 0.000000974. The minimum atomic E-state index is -0.591. The van der Waals surface area contributed by atoms with Crippen molar-refractivity contribution in [2.75, 3.05) is 101 Å². The van der Waals surface area contributed by atoms with Crippen molar-refractivity contribution in [2.24, 2.45) is 0 Å². The number of hydrogen-bond acceptors (Lipinski definition) is 12. The summed E-state index contributed by atoms with van der Waals surface area (Å²) in [6.45, 7) is 28.6. The summed E-state index contributed by atoms with van der Waals surface area (Å²) >= 11 is 9.47. The van der Waals surface area contributed by atoms with Gasteiger partial charge in [-0.25, -0.2) is 19.2 Å². The average Bonchev–Trinajstić information content (AvgIpc) is 3.25. The molecule has 57 heavy (non-hydrogen) atoms. The molecule has 0 radical (unpaired) electrons. The van der Waals surface area contributed by atoms with Crippen molar-refractivity contribution in [3.8, 4) is 0 Å². The molecule has 2 aliphatic heterocycles. The van der Waals surface area contributed by atoms with Crippen molar-refractivity contribution in [3.63, 3.8) is 0 Å². The molecular formula is C38H73Br3N6O10. The van der Waals surface area contributed by atoms with Gasteiger partial charge in [0.05, 0.1) is 12.2 Å². The summed E-state index contributed by atoms with van der Waals surface area (Å²) in [6.07, 6.45) is -2.27. The molecule has 4 amide bonds. The Morgan fingerprint density at radius 1 is 0.474 bits per heavy atom. The second kappa shape index (κ2) is 26.5. The number of nitrogens with zero attached hydrogens (tertiary/aromatic N) is 5. The number of ether oxygens (including phenoxy) is 4. The average molecular weight is 1010 g/mol. The maximum atomic E-state index is 12.6. The van der Waals surface area contributed by atoms with Gasteiger partial charge in [-0.15, -0.1) is 0 Å². The SMILES string of the molecule is CC(C)(C)OC(=O)N1CCN(CC(O)CBr)CCN(C(=O)OC(C)(C)C)CC1.CC(C)(C)OC(=O)N1CCNCCN(C(=O)OC(C)(C)C)CC1.OC(CBr)CBr. The van der Waals surface area contributed by atoms with Crippen LogP contribution in [0.25, 0.3) is 0 Å². The van der Waals surface area contributed by atoms with E-state index >= 15 is 0 Å². The molecule has 0 spiro atoms. The molecule has 2 aliphatic rings. The number of rotatable bonds is 5. The van der Waals surface area contributed by atoms with Gasteiger partial charge in [-0.3, -0.25) is 4.90 Å². The van der Waals surface area contributed by atoms with Crippen LogP contribution in [0.4, 0.5) is 19.2 Å². The predicted octanol–water partition coefficient (Wildman–Crippen LogP) is 5.73. The van der Waals surface area contributed by atoms with E-state index in [1.807, 2.05) is 88.0 Å². The van der Waals surface area contributed by atoms with Gasteiger partial charge in [0, 0.05) is 101 Å². The van der Waals surface area contributed by atoms with Crippen LogP contribution < -0.4 is 5.32 Å². The van der Waals surface area contributed by atoms with Gasteiger partial charge in [-0.05, 0) is 83.1 Å². The molecule has 0 bridgehead atoms. The molecule has 0 saturated carbocycles. The summed E-state index contributed by atoms with van der Waals surface area (Å²) in [6, 6.07) is 0. The number of β-amino-alcohol motifs (C(OH)–C–C–N with tert-alkyl or cyclic N) is 1. The Bertz CT molecular complexity index is 1110. The first-order chi connectivity index (χ1) is 26.1. The van der Waals surface area contributed by atoms with Gasteiger partial charge in [-0.2, -0.15) is 0 Å². The fourth-order valence-corrected chi connectivity index (χ4v) is 6.00. The lowest BCUT2D eigenvalue weighted by atomic mass is 10.2. The smallest absolute Gasteiger partial charge is 0.410 e. The van der Waals surface area contributed by atoms with E-state index in [1.165, 1.54) is 0 Å². The molecule has 0 aromatic heterocycles. The molecule has 1 atom stereocenters. The number of aliphatic hydroxyl groups is 2. The zero-order valence-corrected chi connectivity index (χ0v) is 41.3. The molecule has 2 saturated heterocycles. The van der Waals surface area contributed by atoms with E-state index in [-0.39, 0.29) is 18.3 Å². The topological polar surface area (TPSA) is 174 Å². The van der Waals surface area contributed by atoms with Crippen molar-refractivity contribution in [1.29, 1.82) is 0 Å². The van der Waals surface area contributed by atoms with Crippen molar-refractivity contribution in [2.45, 2.75) is 118 Å². The summed E-state index contributed by atoms with van der Waals surface area (Å²) in [4.78, 5) is 58.1. The summed E-state index contributed by atoms with van der Waals surface area (Å²) in [5.41, 5.74) is -2.25. The molecule has 1 unspecified atom stereocenters. The van der Waals surface area contributed by atoms with Crippen LogP contribution in [0.3, 0.4) is 0 Å². The number of halogens is 3. The molecule has 2 rings (SSSR count). The number of hydrogen-bond donors (Lipinski definition) is 3. The zero-order chi connectivity index (χ0) is 44.2. The molecule has 336 valence electrons. The first-order valence-electron chi connectivity index (χ1n) is 19.5. The maximum absolute atomic E-state index is 12.6. The van der Waals surface area contributed by atoms with Crippen LogP contribution in [0.5, 0.6) is 0 Å². The van der Waals surface area contributed by atoms with E-state index < -0.39 is 40.7 Å². The molecule has 16 nitrogen and oxygen atoms in total. The second-order valence-electron chi connectivity index (χ2n) is 17.7. The van der Waals surface area contributed by atoms with E-state index in [0.29, 0.717) is 101 Å². The zero-order valence-electron chi connectivity index (χ0n) is 36.5. The third-order valence-electron chi connectivity index (χ3n) is 7.38. The Morgan fingerprint density at radius 3 is 0.947 bits per heavy atom. The van der Waals surface area contributed by atoms with Gasteiger partial charge < -0.3 is 54.1 Å². The van der Waals surface area contributed by atoms with E-state index in [9.17, 15) is 24.3 Å². The highest BCUT2D eigenvalue weighted by molar-refractivity contribution is 9.10. The van der Waals surface area contributed by atoms with E-state index in [2.05, 4.69) is 53.1 Å². The van der Waals surface area contributed by atoms with E-state index in [4.69, 9.17) is 24.1 Å². The second-order valence-corrected chi connectivity index (χ2v) is 19.6. The van der Waals surface area contributed by atoms with E-state index in [0.717, 1.165) is 0 Å². The maximum Gasteiger partial charge on any atom is 0.410 e. The summed E-state index contributed by atoms with van der Waals surface area (Å²) in [5, 5.41) is 23.6. The Kier molecular flexibility index (Phi) is 25.8. The third-order valence-corrected chi connectivity index (χ3v) is 9.62. The Morgan fingerprint density at radius 2 is 0.719 bits per heavy atom. The summed E-state index contributed by atoms with van der Waals surface area (Å²) in [7, 11) is 0. The standard InChI is InChI=1S/C19H36BrN3O5.C16H31N3O4.C3H6Br2O/c1-18(2,3)27-16(25)22-9-7-21(14-15(24)13-20)8-10-23(12-11-22)17(26)28-19(4,5)6;1-15(2,3)22-13(20)18-9-7-17-8-10-19(12-11-18)14(21)23-16(4,5)6;4-1-3(6)2-5/h15,24H,7-14H2,1-6H3;17H,7-12H2,1-6H3;3,6H,1-2H2. The van der Waals surface area contributed by atoms with Crippen LogP contribution in [-0.4, -0.2) is 195 Å². The van der Waals surface area contributed by atoms with Gasteiger partial charge in [0.15, 0.2) is 0 Å². The number of aliphatic hydroxyl groups excluding tert-OH is 2. The largest absolute Gasteiger partial charge is 0.444 e. The molecule has 2 heterocycles. The monoisotopic (exact) mass is 1010 g/mol. The molecule has 2 fully saturated rings. The highest BCUT2D eigenvalue weighted by Crippen LogP contribution is 2.15. The van der Waals surface area contributed by atoms with Gasteiger partial charge in [-0.1, -0.05) is 47.8 Å². The van der Waals surface area contributed by atoms with Crippen molar-refractivity contribution < 1.29 is 48.3 Å². The molecular weight excluding hydrogens is 940 g/mol. The number of alkyl halides is 3. The Labute approximate surface area is 367 Å². The number of amides is 4. The highest BCUT2D eigenvalue weighted by atomic mass is 79.9. The lowest BCUT2D eigenvalue weighted by Gasteiger charge is -2.30. The number of nitrogens with one attached hydrogen (secondary N) is 1. The molecule has 0 aromatic carbocycles. The first-order valence-corrected chi connectivity index (χ1v) is 22.8. The minimum Gasteiger partial charge on any atom is -0.444 e. The lowest BCUT2D eigenvalue weighted by Crippen LogP contribution is -2.44. The molecule has 0 aliphatic carbocycles. The molecule has 3 N–H and O–H groups in total. The van der Waals surface area contributed by atoms with Crippen molar-refractivity contribution in [1.82, 2.24) is 29.8 Å². The van der Waals surface area contributed by atoms with Gasteiger partial charge in [0.1, 0.15) is 22.4 Å². The van der Waals surface area contributed by atoms with Crippen molar-refractivity contribution >= 4 is 72.2 Å². The normalized spacial score (nSPS) is 17.4. The van der Waals surface area contributed by atoms with Crippen LogP contribution in [0.2, 0.25) is 0 Å². The van der Waals surface area contributed by atoms with Crippen LogP contribution in [0.1, 0.15) is 83.1 Å². The van der Waals surface area contributed by atoms with Crippen LogP contribution in [0.15, 0.2) is 0 Å². The van der Waals surface area contributed by atoms with E-state index in [1.54, 1.807) is 19.6 Å². The highest BCUT2D eigenvalue weighted by Gasteiger charge is 2.29. The molecule has 19 heteroatoms. The van der Waals surface area contributed by atoms with Crippen LogP contribution >= 0.6 is 47.8 Å². The summed E-state index contributed by atoms with van der Waals surface area (Å²) < 4.78 is 21.8. The fourth-order valence-electron chi connectivity index (χ4n) is 4.73.